The van der Waals surface area contributed by atoms with Gasteiger partial charge >= 0.3 is 0 Å². The maximum absolute atomic E-state index is 10.5. The molecule has 27 heavy (non-hydrogen) atoms. The molecule has 6 nitrogen and oxygen atoms in total. The van der Waals surface area contributed by atoms with Crippen LogP contribution in [0.2, 0.25) is 0 Å². The summed E-state index contributed by atoms with van der Waals surface area (Å²) in [6, 6.07) is 11.8. The summed E-state index contributed by atoms with van der Waals surface area (Å²) in [6.07, 6.45) is 5.67. The van der Waals surface area contributed by atoms with Crippen LogP contribution in [0.1, 0.15) is 18.4 Å². The molecule has 0 radical (unpaired) electrons. The van der Waals surface area contributed by atoms with Crippen LogP contribution in [-0.2, 0) is 0 Å². The first-order chi connectivity index (χ1) is 13.3. The fourth-order valence-electron chi connectivity index (χ4n) is 3.72. The summed E-state index contributed by atoms with van der Waals surface area (Å²) in [4.78, 5) is 11.5. The number of nitrogens with one attached hydrogen (secondary N) is 2. The van der Waals surface area contributed by atoms with E-state index in [0.717, 1.165) is 64.4 Å². The molecule has 1 fully saturated rings. The molecule has 2 aromatic carbocycles. The van der Waals surface area contributed by atoms with Gasteiger partial charge in [-0.05, 0) is 61.5 Å². The number of hydrogen-bond acceptors (Lipinski definition) is 5. The fourth-order valence-corrected chi connectivity index (χ4v) is 3.72. The lowest BCUT2D eigenvalue weighted by Gasteiger charge is -2.24. The maximum atomic E-state index is 10.5. The van der Waals surface area contributed by atoms with Gasteiger partial charge in [0.25, 0.3) is 0 Å². The van der Waals surface area contributed by atoms with Crippen molar-refractivity contribution in [2.24, 2.45) is 9.98 Å². The van der Waals surface area contributed by atoms with Crippen molar-refractivity contribution < 1.29 is 9.84 Å². The van der Waals surface area contributed by atoms with E-state index in [4.69, 9.17) is 4.74 Å². The summed E-state index contributed by atoms with van der Waals surface area (Å²) >= 11 is 0. The highest BCUT2D eigenvalue weighted by atomic mass is 16.5. The van der Waals surface area contributed by atoms with Gasteiger partial charge in [0.2, 0.25) is 0 Å². The van der Waals surface area contributed by atoms with E-state index >= 15 is 0 Å². The van der Waals surface area contributed by atoms with Crippen LogP contribution in [-0.4, -0.2) is 35.6 Å². The Kier molecular flexibility index (Phi) is 3.90. The molecule has 136 valence electrons. The molecule has 0 amide bonds. The average molecular weight is 360 g/mol. The molecule has 0 aliphatic carbocycles. The molecule has 0 spiro atoms. The molecule has 3 N–H and O–H groups in total. The third-order valence-electron chi connectivity index (χ3n) is 5.09. The number of aromatic amines is 1. The molecule has 5 rings (SSSR count). The second kappa shape index (κ2) is 6.55. The van der Waals surface area contributed by atoms with Gasteiger partial charge in [0, 0.05) is 5.56 Å². The zero-order valence-corrected chi connectivity index (χ0v) is 14.8. The molecule has 0 saturated carbocycles. The number of aromatic hydroxyl groups is 1. The van der Waals surface area contributed by atoms with Gasteiger partial charge in [-0.25, -0.2) is 9.98 Å². The second-order valence-corrected chi connectivity index (χ2v) is 6.90. The second-order valence-electron chi connectivity index (χ2n) is 6.90. The minimum absolute atomic E-state index is 0.139. The third kappa shape index (κ3) is 2.98. The summed E-state index contributed by atoms with van der Waals surface area (Å²) in [5, 5.41) is 16.6. The Balaban J connectivity index is 1.61. The lowest BCUT2D eigenvalue weighted by Crippen LogP contribution is -2.34. The molecule has 0 atom stereocenters. The number of aromatic nitrogens is 1. The predicted octanol–water partition coefficient (Wildman–Crippen LogP) is 2.13. The number of benzene rings is 2. The minimum atomic E-state index is 0.139. The molecular weight excluding hydrogens is 340 g/mol. The SMILES string of the molecule is Oc1[nH]c2cccc(OC3CCNCC3)c2c1/C=c1\ccc2c(c1)N=CN=2. The van der Waals surface area contributed by atoms with Gasteiger partial charge in [-0.15, -0.1) is 0 Å². The summed E-state index contributed by atoms with van der Waals surface area (Å²) < 4.78 is 6.30. The maximum Gasteiger partial charge on any atom is 0.197 e. The van der Waals surface area contributed by atoms with E-state index < -0.39 is 0 Å². The fraction of sp³-hybridized carbons (Fsp3) is 0.238. The largest absolute Gasteiger partial charge is 0.494 e. The summed E-state index contributed by atoms with van der Waals surface area (Å²) in [5.74, 6) is 0.941. The van der Waals surface area contributed by atoms with Crippen molar-refractivity contribution in [3.8, 4) is 11.6 Å². The number of fused-ring (bicyclic) bond motifs is 2. The highest BCUT2D eigenvalue weighted by molar-refractivity contribution is 5.96. The predicted molar refractivity (Wildman–Crippen MR) is 105 cm³/mol. The van der Waals surface area contributed by atoms with Gasteiger partial charge in [0.1, 0.15) is 18.2 Å². The monoisotopic (exact) mass is 360 g/mol. The van der Waals surface area contributed by atoms with Crippen molar-refractivity contribution in [2.75, 3.05) is 13.1 Å². The van der Waals surface area contributed by atoms with Crippen LogP contribution in [0.25, 0.3) is 17.0 Å². The van der Waals surface area contributed by atoms with E-state index in [1.807, 2.05) is 42.5 Å². The molecule has 2 aliphatic heterocycles. The molecule has 6 heteroatoms. The van der Waals surface area contributed by atoms with Crippen molar-refractivity contribution in [3.63, 3.8) is 0 Å². The standard InChI is InChI=1S/C21H20N4O2/c26-21-15(10-13-4-5-16-18(11-13)24-12-23-16)20-17(25-21)2-1-3-19(20)27-14-6-8-22-9-7-14/h1-5,10-12,14,22,25-26H,6-9H2/b13-10+. The Morgan fingerprint density at radius 1 is 1.15 bits per heavy atom. The quantitative estimate of drug-likeness (QED) is 0.669. The number of H-pyrrole nitrogens is 1. The summed E-state index contributed by atoms with van der Waals surface area (Å²) in [5.41, 5.74) is 2.43. The highest BCUT2D eigenvalue weighted by Gasteiger charge is 2.19. The van der Waals surface area contributed by atoms with Crippen LogP contribution in [0, 0.1) is 0 Å². The van der Waals surface area contributed by atoms with Crippen LogP contribution < -0.4 is 20.6 Å². The molecule has 1 saturated heterocycles. The summed E-state index contributed by atoms with van der Waals surface area (Å²) in [7, 11) is 0. The zero-order valence-electron chi connectivity index (χ0n) is 14.8. The van der Waals surface area contributed by atoms with Gasteiger partial charge in [0.05, 0.1) is 21.9 Å². The first kappa shape index (κ1) is 16.1. The number of rotatable bonds is 3. The molecule has 0 bridgehead atoms. The number of piperidine rings is 1. The van der Waals surface area contributed by atoms with Gasteiger partial charge in [-0.2, -0.15) is 0 Å². The number of aliphatic imine (C=N–C) groups is 1. The van der Waals surface area contributed by atoms with E-state index in [2.05, 4.69) is 20.3 Å². The number of ether oxygens (including phenoxy) is 1. The third-order valence-corrected chi connectivity index (χ3v) is 5.09. The van der Waals surface area contributed by atoms with Crippen LogP contribution in [0.3, 0.4) is 0 Å². The molecular formula is C21H20N4O2. The van der Waals surface area contributed by atoms with E-state index in [0.29, 0.717) is 0 Å². The van der Waals surface area contributed by atoms with E-state index in [1.54, 1.807) is 6.34 Å². The Bertz CT molecular complexity index is 1160. The van der Waals surface area contributed by atoms with Crippen LogP contribution in [0.5, 0.6) is 11.6 Å². The van der Waals surface area contributed by atoms with E-state index in [9.17, 15) is 5.11 Å². The van der Waals surface area contributed by atoms with Crippen LogP contribution >= 0.6 is 0 Å². The first-order valence-corrected chi connectivity index (χ1v) is 9.21. The Morgan fingerprint density at radius 2 is 2.04 bits per heavy atom. The number of nitrogens with zero attached hydrogens (tertiary/aromatic N) is 2. The average Bonchev–Trinajstić information content (AvgIpc) is 3.27. The Morgan fingerprint density at radius 3 is 2.93 bits per heavy atom. The van der Waals surface area contributed by atoms with E-state index in [1.165, 1.54) is 0 Å². The van der Waals surface area contributed by atoms with Crippen molar-refractivity contribution in [3.05, 3.63) is 52.5 Å². The van der Waals surface area contributed by atoms with Gasteiger partial charge < -0.3 is 20.1 Å². The topological polar surface area (TPSA) is 82.0 Å². The number of hydrogen-bond donors (Lipinski definition) is 3. The lowest BCUT2D eigenvalue weighted by molar-refractivity contribution is 0.164. The summed E-state index contributed by atoms with van der Waals surface area (Å²) in [6.45, 7) is 1.94. The molecule has 2 aliphatic rings. The Labute approximate surface area is 155 Å². The normalized spacial score (nSPS) is 17.3. The Hall–Kier alpha value is -3.12. The van der Waals surface area contributed by atoms with Gasteiger partial charge in [-0.1, -0.05) is 12.1 Å². The zero-order chi connectivity index (χ0) is 18.2. The van der Waals surface area contributed by atoms with E-state index in [-0.39, 0.29) is 12.0 Å². The van der Waals surface area contributed by atoms with Crippen molar-refractivity contribution in [1.82, 2.24) is 10.3 Å². The molecule has 0 unspecified atom stereocenters. The highest BCUT2D eigenvalue weighted by Crippen LogP contribution is 2.36. The first-order valence-electron chi connectivity index (χ1n) is 9.21. The van der Waals surface area contributed by atoms with Crippen molar-refractivity contribution in [2.45, 2.75) is 18.9 Å². The van der Waals surface area contributed by atoms with Crippen LogP contribution in [0.15, 0.2) is 46.4 Å². The van der Waals surface area contributed by atoms with Gasteiger partial charge in [-0.3, -0.25) is 0 Å². The van der Waals surface area contributed by atoms with Crippen molar-refractivity contribution in [1.29, 1.82) is 0 Å². The van der Waals surface area contributed by atoms with Crippen molar-refractivity contribution >= 4 is 29.0 Å². The van der Waals surface area contributed by atoms with Crippen LogP contribution in [0.4, 0.5) is 5.69 Å². The lowest BCUT2D eigenvalue weighted by atomic mass is 10.1. The molecule has 3 heterocycles. The van der Waals surface area contributed by atoms with Gasteiger partial charge in [0.15, 0.2) is 5.88 Å². The minimum Gasteiger partial charge on any atom is -0.494 e. The smallest absolute Gasteiger partial charge is 0.197 e. The molecule has 3 aromatic rings. The molecule has 1 aromatic heterocycles.